The molecule has 0 heterocycles. The predicted molar refractivity (Wildman–Crippen MR) is 79.0 cm³/mol. The Morgan fingerprint density at radius 2 is 1.95 bits per heavy atom. The standard InChI is InChI=1S/C16H20O4S/c1-2-20-16(17)10-11-3-8-15(14(9-11)12-4-5-12)21(18,19)13-6-7-13/h3,8-9,12-13H,2,4-7,10H2,1H3. The van der Waals surface area contributed by atoms with Gasteiger partial charge in [0.05, 0.1) is 23.2 Å². The van der Waals surface area contributed by atoms with Gasteiger partial charge in [0.1, 0.15) is 0 Å². The number of hydrogen-bond acceptors (Lipinski definition) is 4. The summed E-state index contributed by atoms with van der Waals surface area (Å²) in [6.07, 6.45) is 3.83. The van der Waals surface area contributed by atoms with E-state index >= 15 is 0 Å². The lowest BCUT2D eigenvalue weighted by Gasteiger charge is -2.11. The Kier molecular flexibility index (Phi) is 3.78. The van der Waals surface area contributed by atoms with Crippen LogP contribution in [0.2, 0.25) is 0 Å². The first kappa shape index (κ1) is 14.6. The maximum atomic E-state index is 12.5. The topological polar surface area (TPSA) is 60.4 Å². The Balaban J connectivity index is 1.90. The fraction of sp³-hybridized carbons (Fsp3) is 0.562. The zero-order chi connectivity index (χ0) is 15.0. The number of hydrogen-bond donors (Lipinski definition) is 0. The van der Waals surface area contributed by atoms with Crippen molar-refractivity contribution in [1.82, 2.24) is 0 Å². The second kappa shape index (κ2) is 5.44. The third kappa shape index (κ3) is 3.12. The van der Waals surface area contributed by atoms with Crippen LogP contribution in [0.3, 0.4) is 0 Å². The normalized spacial score (nSPS) is 18.5. The summed E-state index contributed by atoms with van der Waals surface area (Å²) in [7, 11) is -3.17. The summed E-state index contributed by atoms with van der Waals surface area (Å²) in [5, 5.41) is -0.189. The average Bonchev–Trinajstić information content (AvgIpc) is 3.30. The summed E-state index contributed by atoms with van der Waals surface area (Å²) in [6.45, 7) is 2.14. The van der Waals surface area contributed by atoms with Gasteiger partial charge in [-0.15, -0.1) is 0 Å². The van der Waals surface area contributed by atoms with Crippen LogP contribution < -0.4 is 0 Å². The monoisotopic (exact) mass is 308 g/mol. The van der Waals surface area contributed by atoms with Crippen molar-refractivity contribution in [2.24, 2.45) is 0 Å². The van der Waals surface area contributed by atoms with Gasteiger partial charge in [-0.3, -0.25) is 4.79 Å². The molecule has 0 spiro atoms. The van der Waals surface area contributed by atoms with Crippen LogP contribution in [0.25, 0.3) is 0 Å². The maximum Gasteiger partial charge on any atom is 0.310 e. The summed E-state index contributed by atoms with van der Waals surface area (Å²) < 4.78 is 29.9. The summed E-state index contributed by atoms with van der Waals surface area (Å²) in [5.41, 5.74) is 1.74. The van der Waals surface area contributed by atoms with Gasteiger partial charge in [-0.1, -0.05) is 12.1 Å². The van der Waals surface area contributed by atoms with Crippen molar-refractivity contribution in [2.75, 3.05) is 6.61 Å². The zero-order valence-corrected chi connectivity index (χ0v) is 13.0. The van der Waals surface area contributed by atoms with Crippen molar-refractivity contribution in [2.45, 2.75) is 55.1 Å². The van der Waals surface area contributed by atoms with E-state index < -0.39 is 9.84 Å². The second-order valence-electron chi connectivity index (χ2n) is 5.87. The van der Waals surface area contributed by atoms with Crippen LogP contribution in [-0.2, 0) is 25.8 Å². The number of carbonyl (C=O) groups excluding carboxylic acids is 1. The van der Waals surface area contributed by atoms with E-state index in [0.29, 0.717) is 17.4 Å². The number of carbonyl (C=O) groups is 1. The van der Waals surface area contributed by atoms with E-state index in [4.69, 9.17) is 4.74 Å². The van der Waals surface area contributed by atoms with Crippen molar-refractivity contribution in [3.63, 3.8) is 0 Å². The highest BCUT2D eigenvalue weighted by Gasteiger charge is 2.40. The molecule has 4 nitrogen and oxygen atoms in total. The summed E-state index contributed by atoms with van der Waals surface area (Å²) in [6, 6.07) is 5.33. The molecule has 3 rings (SSSR count). The lowest BCUT2D eigenvalue weighted by Crippen LogP contribution is -2.12. The molecule has 0 unspecified atom stereocenters. The van der Waals surface area contributed by atoms with Crippen molar-refractivity contribution in [3.8, 4) is 0 Å². The van der Waals surface area contributed by atoms with Crippen LogP contribution in [0.4, 0.5) is 0 Å². The van der Waals surface area contributed by atoms with E-state index in [1.54, 1.807) is 19.1 Å². The van der Waals surface area contributed by atoms with Gasteiger partial charge in [0, 0.05) is 0 Å². The molecule has 1 aromatic carbocycles. The number of sulfone groups is 1. The Hall–Kier alpha value is -1.36. The molecule has 2 aliphatic rings. The minimum Gasteiger partial charge on any atom is -0.466 e. The molecule has 2 saturated carbocycles. The first-order valence-electron chi connectivity index (χ1n) is 7.54. The van der Waals surface area contributed by atoms with Crippen LogP contribution in [0.1, 0.15) is 49.7 Å². The third-order valence-corrected chi connectivity index (χ3v) is 6.35. The summed E-state index contributed by atoms with van der Waals surface area (Å²) in [4.78, 5) is 12.1. The minimum atomic E-state index is -3.17. The highest BCUT2D eigenvalue weighted by Crippen LogP contribution is 2.45. The molecule has 0 N–H and O–H groups in total. The molecule has 0 amide bonds. The summed E-state index contributed by atoms with van der Waals surface area (Å²) in [5.74, 6) is 0.0766. The molecule has 0 saturated heterocycles. The van der Waals surface area contributed by atoms with Crippen LogP contribution in [0.5, 0.6) is 0 Å². The van der Waals surface area contributed by atoms with E-state index in [-0.39, 0.29) is 17.6 Å². The molecule has 1 aromatic rings. The predicted octanol–water partition coefficient (Wildman–Crippen LogP) is 2.61. The summed E-state index contributed by atoms with van der Waals surface area (Å²) >= 11 is 0. The van der Waals surface area contributed by atoms with Crippen molar-refractivity contribution in [3.05, 3.63) is 29.3 Å². The number of rotatable bonds is 6. The van der Waals surface area contributed by atoms with E-state index in [1.807, 2.05) is 6.07 Å². The van der Waals surface area contributed by atoms with E-state index in [1.165, 1.54) is 0 Å². The maximum absolute atomic E-state index is 12.5. The van der Waals surface area contributed by atoms with Crippen molar-refractivity contribution >= 4 is 15.8 Å². The molecule has 2 fully saturated rings. The SMILES string of the molecule is CCOC(=O)Cc1ccc(S(=O)(=O)C2CC2)c(C2CC2)c1. The number of benzene rings is 1. The molecular formula is C16H20O4S. The quantitative estimate of drug-likeness (QED) is 0.758. The molecule has 0 aliphatic heterocycles. The third-order valence-electron chi connectivity index (χ3n) is 4.01. The van der Waals surface area contributed by atoms with Gasteiger partial charge in [-0.2, -0.15) is 0 Å². The first-order valence-corrected chi connectivity index (χ1v) is 9.09. The Labute approximate surface area is 125 Å². The molecule has 0 radical (unpaired) electrons. The lowest BCUT2D eigenvalue weighted by atomic mass is 10.0. The van der Waals surface area contributed by atoms with Gasteiger partial charge >= 0.3 is 5.97 Å². The van der Waals surface area contributed by atoms with Crippen molar-refractivity contribution in [1.29, 1.82) is 0 Å². The zero-order valence-electron chi connectivity index (χ0n) is 12.2. The first-order chi connectivity index (χ1) is 10.0. The fourth-order valence-electron chi connectivity index (χ4n) is 2.62. The van der Waals surface area contributed by atoms with Crippen molar-refractivity contribution < 1.29 is 17.9 Å². The van der Waals surface area contributed by atoms with Gasteiger partial charge in [0.25, 0.3) is 0 Å². The number of ether oxygens (including phenoxy) is 1. The molecule has 2 aliphatic carbocycles. The number of esters is 1. The molecular weight excluding hydrogens is 288 g/mol. The fourth-order valence-corrected chi connectivity index (χ4v) is 4.54. The smallest absolute Gasteiger partial charge is 0.310 e. The van der Waals surface area contributed by atoms with Gasteiger partial charge in [-0.25, -0.2) is 8.42 Å². The molecule has 114 valence electrons. The van der Waals surface area contributed by atoms with Crippen LogP contribution >= 0.6 is 0 Å². The Bertz CT molecular complexity index is 655. The van der Waals surface area contributed by atoms with Crippen LogP contribution in [0, 0.1) is 0 Å². The van der Waals surface area contributed by atoms with E-state index in [9.17, 15) is 13.2 Å². The molecule has 0 bridgehead atoms. The van der Waals surface area contributed by atoms with E-state index in [0.717, 1.165) is 36.8 Å². The molecule has 0 atom stereocenters. The van der Waals surface area contributed by atoms with Gasteiger partial charge in [-0.05, 0) is 55.7 Å². The second-order valence-corrected chi connectivity index (χ2v) is 8.07. The Morgan fingerprint density at radius 1 is 1.24 bits per heavy atom. The molecule has 21 heavy (non-hydrogen) atoms. The average molecular weight is 308 g/mol. The van der Waals surface area contributed by atoms with E-state index in [2.05, 4.69) is 0 Å². The largest absolute Gasteiger partial charge is 0.466 e. The lowest BCUT2D eigenvalue weighted by molar-refractivity contribution is -0.142. The minimum absolute atomic E-state index is 0.189. The Morgan fingerprint density at radius 3 is 2.52 bits per heavy atom. The molecule has 0 aromatic heterocycles. The van der Waals surface area contributed by atoms with Crippen LogP contribution in [0.15, 0.2) is 23.1 Å². The van der Waals surface area contributed by atoms with Gasteiger partial charge in [0.15, 0.2) is 9.84 Å². The van der Waals surface area contributed by atoms with Crippen LogP contribution in [-0.4, -0.2) is 26.2 Å². The van der Waals surface area contributed by atoms with Gasteiger partial charge < -0.3 is 4.74 Å². The highest BCUT2D eigenvalue weighted by molar-refractivity contribution is 7.92. The molecule has 5 heteroatoms. The highest BCUT2D eigenvalue weighted by atomic mass is 32.2. The van der Waals surface area contributed by atoms with Gasteiger partial charge in [0.2, 0.25) is 0 Å².